The molecule has 21 heavy (non-hydrogen) atoms. The first kappa shape index (κ1) is 13.7. The van der Waals surface area contributed by atoms with E-state index in [0.717, 1.165) is 12.8 Å². The Bertz CT molecular complexity index is 651. The van der Waals surface area contributed by atoms with Crippen LogP contribution in [0.25, 0.3) is 0 Å². The van der Waals surface area contributed by atoms with Crippen molar-refractivity contribution in [2.45, 2.75) is 38.8 Å². The molecule has 3 rings (SSSR count). The number of benzene rings is 1. The van der Waals surface area contributed by atoms with Gasteiger partial charge in [0.25, 0.3) is 5.91 Å². The summed E-state index contributed by atoms with van der Waals surface area (Å²) in [4.78, 5) is 18.4. The van der Waals surface area contributed by atoms with Crippen LogP contribution in [-0.4, -0.2) is 32.0 Å². The monoisotopic (exact) mass is 288 g/mol. The smallest absolute Gasteiger partial charge is 0.294 e. The van der Waals surface area contributed by atoms with E-state index >= 15 is 0 Å². The van der Waals surface area contributed by atoms with Gasteiger partial charge in [0.05, 0.1) is 0 Å². The predicted molar refractivity (Wildman–Crippen MR) is 75.1 cm³/mol. The minimum absolute atomic E-state index is 0.162. The molecule has 2 aromatic rings. The zero-order valence-electron chi connectivity index (χ0n) is 11.8. The number of H-pyrrole nitrogens is 1. The van der Waals surface area contributed by atoms with Gasteiger partial charge in [-0.25, -0.2) is 9.37 Å². The summed E-state index contributed by atoms with van der Waals surface area (Å²) >= 11 is 0. The standard InChI is InChI=1S/C15H17FN4O/c1-2-13-17-14(19-18-13)15(21)20(11-7-8-11)9-10-5-3-4-6-12(10)16/h3-6,11H,2,7-9H2,1H3,(H,17,18,19). The molecule has 0 aliphatic heterocycles. The number of hydrogen-bond donors (Lipinski definition) is 1. The minimum Gasteiger partial charge on any atom is -0.328 e. The van der Waals surface area contributed by atoms with E-state index in [1.165, 1.54) is 6.07 Å². The van der Waals surface area contributed by atoms with Gasteiger partial charge in [-0.1, -0.05) is 25.1 Å². The quantitative estimate of drug-likeness (QED) is 0.918. The maximum atomic E-state index is 13.8. The van der Waals surface area contributed by atoms with Crippen molar-refractivity contribution >= 4 is 5.91 Å². The Labute approximate surface area is 122 Å². The van der Waals surface area contributed by atoms with E-state index in [1.54, 1.807) is 23.1 Å². The number of aromatic amines is 1. The third-order valence-electron chi connectivity index (χ3n) is 3.60. The van der Waals surface area contributed by atoms with Gasteiger partial charge in [0.1, 0.15) is 11.6 Å². The van der Waals surface area contributed by atoms with Gasteiger partial charge in [0.15, 0.2) is 0 Å². The molecule has 1 saturated carbocycles. The molecule has 1 N–H and O–H groups in total. The van der Waals surface area contributed by atoms with Crippen LogP contribution in [-0.2, 0) is 13.0 Å². The Morgan fingerprint density at radius 1 is 1.43 bits per heavy atom. The summed E-state index contributed by atoms with van der Waals surface area (Å²) in [5.41, 5.74) is 0.518. The van der Waals surface area contributed by atoms with Crippen LogP contribution < -0.4 is 0 Å². The van der Waals surface area contributed by atoms with Crippen LogP contribution in [0.15, 0.2) is 24.3 Å². The van der Waals surface area contributed by atoms with Gasteiger partial charge in [-0.05, 0) is 18.9 Å². The lowest BCUT2D eigenvalue weighted by molar-refractivity contribution is 0.0716. The molecule has 0 unspecified atom stereocenters. The van der Waals surface area contributed by atoms with Crippen molar-refractivity contribution < 1.29 is 9.18 Å². The highest BCUT2D eigenvalue weighted by Crippen LogP contribution is 2.29. The zero-order chi connectivity index (χ0) is 14.8. The number of aromatic nitrogens is 3. The van der Waals surface area contributed by atoms with Crippen LogP contribution in [0.4, 0.5) is 4.39 Å². The fourth-order valence-electron chi connectivity index (χ4n) is 2.24. The normalized spacial score (nSPS) is 14.2. The van der Waals surface area contributed by atoms with Crippen LogP contribution in [0.1, 0.15) is 41.8 Å². The molecule has 0 spiro atoms. The number of amides is 1. The van der Waals surface area contributed by atoms with E-state index < -0.39 is 0 Å². The highest BCUT2D eigenvalue weighted by Gasteiger charge is 2.35. The second-order valence-corrected chi connectivity index (χ2v) is 5.21. The summed E-state index contributed by atoms with van der Waals surface area (Å²) < 4.78 is 13.8. The molecule has 1 aromatic heterocycles. The number of carbonyl (C=O) groups excluding carboxylic acids is 1. The average molecular weight is 288 g/mol. The van der Waals surface area contributed by atoms with E-state index in [-0.39, 0.29) is 30.1 Å². The Kier molecular flexibility index (Phi) is 3.68. The second-order valence-electron chi connectivity index (χ2n) is 5.21. The van der Waals surface area contributed by atoms with Crippen molar-refractivity contribution in [3.05, 3.63) is 47.3 Å². The highest BCUT2D eigenvalue weighted by atomic mass is 19.1. The number of nitrogens with one attached hydrogen (secondary N) is 1. The summed E-state index contributed by atoms with van der Waals surface area (Å²) in [6, 6.07) is 6.70. The molecule has 5 nitrogen and oxygen atoms in total. The summed E-state index contributed by atoms with van der Waals surface area (Å²) in [6.07, 6.45) is 2.59. The van der Waals surface area contributed by atoms with Crippen LogP contribution in [0.5, 0.6) is 0 Å². The number of nitrogens with zero attached hydrogens (tertiary/aromatic N) is 3. The molecule has 1 aliphatic carbocycles. The van der Waals surface area contributed by atoms with Gasteiger partial charge in [-0.3, -0.25) is 9.89 Å². The van der Waals surface area contributed by atoms with Crippen molar-refractivity contribution in [2.24, 2.45) is 0 Å². The van der Waals surface area contributed by atoms with E-state index in [1.807, 2.05) is 6.92 Å². The third-order valence-corrected chi connectivity index (χ3v) is 3.60. The Morgan fingerprint density at radius 2 is 2.19 bits per heavy atom. The minimum atomic E-state index is -0.291. The number of aryl methyl sites for hydroxylation is 1. The van der Waals surface area contributed by atoms with Gasteiger partial charge < -0.3 is 4.90 Å². The third kappa shape index (κ3) is 2.94. The number of carbonyl (C=O) groups is 1. The first-order valence-corrected chi connectivity index (χ1v) is 7.14. The average Bonchev–Trinajstić information content (AvgIpc) is 3.22. The number of halogens is 1. The lowest BCUT2D eigenvalue weighted by Gasteiger charge is -2.21. The van der Waals surface area contributed by atoms with Crippen LogP contribution in [0.2, 0.25) is 0 Å². The van der Waals surface area contributed by atoms with Crippen molar-refractivity contribution in [1.82, 2.24) is 20.1 Å². The lowest BCUT2D eigenvalue weighted by Crippen LogP contribution is -2.33. The maximum absolute atomic E-state index is 13.8. The molecule has 1 aromatic carbocycles. The molecule has 6 heteroatoms. The predicted octanol–water partition coefficient (Wildman–Crippen LogP) is 2.31. The van der Waals surface area contributed by atoms with Crippen molar-refractivity contribution in [3.8, 4) is 0 Å². The van der Waals surface area contributed by atoms with Crippen molar-refractivity contribution in [2.75, 3.05) is 0 Å². The van der Waals surface area contributed by atoms with E-state index in [4.69, 9.17) is 0 Å². The van der Waals surface area contributed by atoms with Gasteiger partial charge >= 0.3 is 0 Å². The van der Waals surface area contributed by atoms with Gasteiger partial charge in [-0.15, -0.1) is 5.10 Å². The fraction of sp³-hybridized carbons (Fsp3) is 0.400. The first-order valence-electron chi connectivity index (χ1n) is 7.14. The molecule has 0 saturated heterocycles. The van der Waals surface area contributed by atoms with Gasteiger partial charge in [0, 0.05) is 24.6 Å². The summed E-state index contributed by atoms with van der Waals surface area (Å²) in [5, 5.41) is 6.70. The molecule has 1 amide bonds. The second kappa shape index (κ2) is 5.63. The summed E-state index contributed by atoms with van der Waals surface area (Å²) in [6.45, 7) is 2.19. The molecule has 0 atom stereocenters. The van der Waals surface area contributed by atoms with Crippen molar-refractivity contribution in [3.63, 3.8) is 0 Å². The summed E-state index contributed by atoms with van der Waals surface area (Å²) in [7, 11) is 0. The molecule has 110 valence electrons. The van der Waals surface area contributed by atoms with Crippen LogP contribution in [0.3, 0.4) is 0 Å². The largest absolute Gasteiger partial charge is 0.328 e. The first-order chi connectivity index (χ1) is 10.2. The molecular formula is C15H17FN4O. The SMILES string of the molecule is CCc1nc(C(=O)N(Cc2ccccc2F)C2CC2)n[nH]1. The Hall–Kier alpha value is -2.24. The lowest BCUT2D eigenvalue weighted by atomic mass is 10.2. The molecule has 0 bridgehead atoms. The zero-order valence-corrected chi connectivity index (χ0v) is 11.8. The van der Waals surface area contributed by atoms with E-state index in [2.05, 4.69) is 15.2 Å². The molecule has 1 heterocycles. The van der Waals surface area contributed by atoms with Gasteiger partial charge in [0.2, 0.25) is 5.82 Å². The molecule has 1 fully saturated rings. The molecule has 1 aliphatic rings. The topological polar surface area (TPSA) is 61.9 Å². The molecular weight excluding hydrogens is 271 g/mol. The van der Waals surface area contributed by atoms with Crippen molar-refractivity contribution in [1.29, 1.82) is 0 Å². The molecule has 0 radical (unpaired) electrons. The van der Waals surface area contributed by atoms with Gasteiger partial charge in [-0.2, -0.15) is 0 Å². The number of rotatable bonds is 5. The van der Waals surface area contributed by atoms with E-state index in [9.17, 15) is 9.18 Å². The Morgan fingerprint density at radius 3 is 2.81 bits per heavy atom. The van der Waals surface area contributed by atoms with Crippen LogP contribution >= 0.6 is 0 Å². The maximum Gasteiger partial charge on any atom is 0.294 e. The van der Waals surface area contributed by atoms with Crippen LogP contribution in [0, 0.1) is 5.82 Å². The highest BCUT2D eigenvalue weighted by molar-refractivity contribution is 5.90. The van der Waals surface area contributed by atoms with E-state index in [0.29, 0.717) is 17.8 Å². The Balaban J connectivity index is 1.81. The summed E-state index contributed by atoms with van der Waals surface area (Å²) in [5.74, 6) is 0.312. The fourth-order valence-corrected chi connectivity index (χ4v) is 2.24. The number of hydrogen-bond acceptors (Lipinski definition) is 3.